The molecule has 2 N–H and O–H groups in total. The van der Waals surface area contributed by atoms with E-state index < -0.39 is 11.9 Å². The van der Waals surface area contributed by atoms with E-state index in [1.807, 2.05) is 66.2 Å². The maximum absolute atomic E-state index is 12.0. The van der Waals surface area contributed by atoms with Gasteiger partial charge < -0.3 is 28.8 Å². The third-order valence-corrected chi connectivity index (χ3v) is 7.59. The molecule has 43 heavy (non-hydrogen) atoms. The van der Waals surface area contributed by atoms with Crippen LogP contribution in [0.1, 0.15) is 40.5 Å². The lowest BCUT2D eigenvalue weighted by Gasteiger charge is -2.07. The predicted octanol–water partition coefficient (Wildman–Crippen LogP) is 5.85. The molecule has 0 radical (unpaired) electrons. The molecule has 6 aromatic rings. The summed E-state index contributed by atoms with van der Waals surface area (Å²) in [5, 5.41) is 33.0. The minimum Gasteiger partial charge on any atom is -0.505 e. The first-order valence-corrected chi connectivity index (χ1v) is 14.0. The molecule has 0 saturated heterocycles. The molecule has 0 unspecified atom stereocenters. The van der Waals surface area contributed by atoms with Gasteiger partial charge in [-0.25, -0.2) is 19.6 Å². The summed E-state index contributed by atoms with van der Waals surface area (Å²) < 4.78 is 14.0. The van der Waals surface area contributed by atoms with Crippen LogP contribution in [0.25, 0.3) is 43.6 Å². The molecule has 0 amide bonds. The van der Waals surface area contributed by atoms with E-state index in [0.717, 1.165) is 27.3 Å². The van der Waals surface area contributed by atoms with Gasteiger partial charge in [0.2, 0.25) is 0 Å². The fourth-order valence-corrected chi connectivity index (χ4v) is 5.85. The van der Waals surface area contributed by atoms with Crippen LogP contribution in [0, 0.1) is 11.3 Å². The highest BCUT2D eigenvalue weighted by molar-refractivity contribution is 9.10. The predicted molar refractivity (Wildman–Crippen MR) is 164 cm³/mol. The van der Waals surface area contributed by atoms with E-state index in [-0.39, 0.29) is 41.8 Å². The molecule has 4 heterocycles. The van der Waals surface area contributed by atoms with Gasteiger partial charge in [0.05, 0.1) is 35.0 Å². The SMILES string of the molecule is CCOC(=O)c1nc(Br)c2c(c1O)c1ccccc1n2C.CCOC(=O)c1nc(C#N)c2c(c1O)c1ccccc1n2C. The van der Waals surface area contributed by atoms with Crippen molar-refractivity contribution in [3.63, 3.8) is 0 Å². The molecule has 0 aliphatic carbocycles. The van der Waals surface area contributed by atoms with Gasteiger partial charge in [-0.05, 0) is 41.9 Å². The molecular weight excluding hydrogens is 618 g/mol. The van der Waals surface area contributed by atoms with Crippen molar-refractivity contribution in [2.24, 2.45) is 14.1 Å². The first kappa shape index (κ1) is 29.3. The van der Waals surface area contributed by atoms with Gasteiger partial charge >= 0.3 is 11.9 Å². The zero-order valence-corrected chi connectivity index (χ0v) is 25.3. The summed E-state index contributed by atoms with van der Waals surface area (Å²) in [7, 11) is 3.68. The second-order valence-corrected chi connectivity index (χ2v) is 10.2. The van der Waals surface area contributed by atoms with Crippen LogP contribution in [0.5, 0.6) is 11.5 Å². The second-order valence-electron chi connectivity index (χ2n) is 9.41. The molecule has 0 aliphatic rings. The Morgan fingerprint density at radius 1 is 0.814 bits per heavy atom. The van der Waals surface area contributed by atoms with Crippen LogP contribution < -0.4 is 0 Å². The minimum absolute atomic E-state index is 0.0763. The Kier molecular flexibility index (Phi) is 7.93. The molecule has 218 valence electrons. The number of ether oxygens (including phenoxy) is 2. The number of carbonyl (C=O) groups excluding carboxylic acids is 2. The maximum atomic E-state index is 12.0. The third kappa shape index (κ3) is 4.77. The Morgan fingerprint density at radius 3 is 1.74 bits per heavy atom. The number of esters is 2. The van der Waals surface area contributed by atoms with Crippen LogP contribution in [0.4, 0.5) is 0 Å². The standard InChI is InChI=1S/C16H13N3O3.C15H13BrN2O3/c1-3-22-16(21)13-15(20)12-9-6-4-5-7-11(9)19(2)14(12)10(8-17)18-13;1-3-21-15(20)11-13(19)10-8-6-4-5-7-9(8)18(2)12(10)14(16)17-11/h4-7,20H,3H2,1-2H3;4-7,19H,3H2,1-2H3. The zero-order chi connectivity index (χ0) is 31.0. The molecule has 0 spiro atoms. The van der Waals surface area contributed by atoms with E-state index in [4.69, 9.17) is 9.47 Å². The van der Waals surface area contributed by atoms with E-state index in [0.29, 0.717) is 20.9 Å². The summed E-state index contributed by atoms with van der Waals surface area (Å²) in [5.41, 5.74) is 2.79. The summed E-state index contributed by atoms with van der Waals surface area (Å²) in [5.74, 6) is -1.79. The number of nitriles is 1. The first-order chi connectivity index (χ1) is 20.7. The number of aromatic hydroxyl groups is 2. The number of benzene rings is 2. The van der Waals surface area contributed by atoms with Crippen LogP contribution in [-0.4, -0.2) is 54.5 Å². The minimum atomic E-state index is -0.744. The molecule has 0 saturated carbocycles. The van der Waals surface area contributed by atoms with Gasteiger partial charge in [-0.3, -0.25) is 0 Å². The van der Waals surface area contributed by atoms with E-state index in [9.17, 15) is 25.1 Å². The van der Waals surface area contributed by atoms with Crippen LogP contribution in [-0.2, 0) is 23.6 Å². The molecule has 6 rings (SSSR count). The van der Waals surface area contributed by atoms with Gasteiger partial charge in [-0.2, -0.15) is 5.26 Å². The van der Waals surface area contributed by atoms with Gasteiger partial charge in [0.25, 0.3) is 0 Å². The summed E-state index contributed by atoms with van der Waals surface area (Å²) in [4.78, 5) is 32.0. The Hall–Kier alpha value is -5.15. The highest BCUT2D eigenvalue weighted by Gasteiger charge is 2.25. The summed E-state index contributed by atoms with van der Waals surface area (Å²) >= 11 is 3.38. The first-order valence-electron chi connectivity index (χ1n) is 13.3. The number of hydrogen-bond acceptors (Lipinski definition) is 9. The molecule has 2 aromatic carbocycles. The topological polar surface area (TPSA) is 152 Å². The molecule has 11 nitrogen and oxygen atoms in total. The number of halogens is 1. The number of aryl methyl sites for hydroxylation is 2. The van der Waals surface area contributed by atoms with E-state index in [1.54, 1.807) is 25.5 Å². The number of pyridine rings is 2. The molecule has 4 aromatic heterocycles. The normalized spacial score (nSPS) is 11.0. The van der Waals surface area contributed by atoms with Gasteiger partial charge in [0.1, 0.15) is 10.7 Å². The second kappa shape index (κ2) is 11.6. The van der Waals surface area contributed by atoms with Crippen molar-refractivity contribution in [2.75, 3.05) is 13.2 Å². The fraction of sp³-hybridized carbons (Fsp3) is 0.194. The summed E-state index contributed by atoms with van der Waals surface area (Å²) in [6.45, 7) is 3.76. The molecular formula is C31H26BrN5O6. The average molecular weight is 644 g/mol. The number of carbonyl (C=O) groups is 2. The number of hydrogen-bond donors (Lipinski definition) is 2. The van der Waals surface area contributed by atoms with Crippen molar-refractivity contribution < 1.29 is 29.3 Å². The molecule has 12 heteroatoms. The average Bonchev–Trinajstić information content (AvgIpc) is 3.48. The van der Waals surface area contributed by atoms with Crippen LogP contribution in [0.3, 0.4) is 0 Å². The highest BCUT2D eigenvalue weighted by atomic mass is 79.9. The Labute approximate surface area is 253 Å². The number of aromatic nitrogens is 4. The van der Waals surface area contributed by atoms with Crippen LogP contribution in [0.15, 0.2) is 53.1 Å². The number of rotatable bonds is 4. The van der Waals surface area contributed by atoms with Crippen molar-refractivity contribution in [3.05, 3.63) is 70.2 Å². The number of para-hydroxylation sites is 2. The van der Waals surface area contributed by atoms with E-state index >= 15 is 0 Å². The largest absolute Gasteiger partial charge is 0.505 e. The molecule has 0 bridgehead atoms. The maximum Gasteiger partial charge on any atom is 0.360 e. The summed E-state index contributed by atoms with van der Waals surface area (Å²) in [6, 6.07) is 17.0. The van der Waals surface area contributed by atoms with Crippen molar-refractivity contribution in [1.29, 1.82) is 5.26 Å². The zero-order valence-electron chi connectivity index (χ0n) is 23.7. The Bertz CT molecular complexity index is 2130. The van der Waals surface area contributed by atoms with Gasteiger partial charge in [0, 0.05) is 35.9 Å². The quantitative estimate of drug-likeness (QED) is 0.178. The monoisotopic (exact) mass is 643 g/mol. The van der Waals surface area contributed by atoms with Gasteiger partial charge in [-0.1, -0.05) is 36.4 Å². The lowest BCUT2D eigenvalue weighted by molar-refractivity contribution is 0.0506. The molecule has 0 atom stereocenters. The highest BCUT2D eigenvalue weighted by Crippen LogP contribution is 2.40. The molecule has 0 fully saturated rings. The van der Waals surface area contributed by atoms with Crippen LogP contribution >= 0.6 is 15.9 Å². The molecule has 0 aliphatic heterocycles. The van der Waals surface area contributed by atoms with Crippen molar-refractivity contribution in [1.82, 2.24) is 19.1 Å². The van der Waals surface area contributed by atoms with Gasteiger partial charge in [0.15, 0.2) is 28.6 Å². The van der Waals surface area contributed by atoms with Crippen LogP contribution in [0.2, 0.25) is 0 Å². The fourth-order valence-electron chi connectivity index (χ4n) is 5.20. The Morgan fingerprint density at radius 2 is 1.26 bits per heavy atom. The summed E-state index contributed by atoms with van der Waals surface area (Å²) in [6.07, 6.45) is 0. The number of fused-ring (bicyclic) bond motifs is 6. The Balaban J connectivity index is 0.000000171. The third-order valence-electron chi connectivity index (χ3n) is 7.03. The lowest BCUT2D eigenvalue weighted by Crippen LogP contribution is -2.09. The van der Waals surface area contributed by atoms with E-state index in [1.165, 1.54) is 0 Å². The van der Waals surface area contributed by atoms with Crippen molar-refractivity contribution in [3.8, 4) is 17.6 Å². The van der Waals surface area contributed by atoms with Gasteiger partial charge in [-0.15, -0.1) is 0 Å². The number of nitrogens with zero attached hydrogens (tertiary/aromatic N) is 5. The van der Waals surface area contributed by atoms with E-state index in [2.05, 4.69) is 25.9 Å². The lowest BCUT2D eigenvalue weighted by atomic mass is 10.1. The van der Waals surface area contributed by atoms with Crippen molar-refractivity contribution >= 4 is 71.5 Å². The van der Waals surface area contributed by atoms with Crippen molar-refractivity contribution in [2.45, 2.75) is 13.8 Å². The smallest absolute Gasteiger partial charge is 0.360 e.